The van der Waals surface area contributed by atoms with Gasteiger partial charge in [0.15, 0.2) is 0 Å². The summed E-state index contributed by atoms with van der Waals surface area (Å²) >= 11 is 0. The highest BCUT2D eigenvalue weighted by molar-refractivity contribution is 5.99. The highest BCUT2D eigenvalue weighted by atomic mass is 16.4. The number of rotatable bonds is 23. The molecule has 7 unspecified atom stereocenters. The summed E-state index contributed by atoms with van der Waals surface area (Å²) in [6.07, 6.45) is 0.525. The number of likely N-dealkylation sites (tertiary alicyclic amines) is 1. The van der Waals surface area contributed by atoms with E-state index >= 15 is 0 Å². The number of carboxylic acids is 2. The van der Waals surface area contributed by atoms with Gasteiger partial charge in [0.2, 0.25) is 53.2 Å². The average Bonchev–Trinajstić information content (AvgIpc) is 3.94. The number of carbonyl (C=O) groups excluding carboxylic acids is 9. The van der Waals surface area contributed by atoms with Gasteiger partial charge in [0.1, 0.15) is 36.3 Å². The van der Waals surface area contributed by atoms with Crippen molar-refractivity contribution in [2.45, 2.75) is 94.7 Å². The predicted octanol–water partition coefficient (Wildman–Crippen LogP) is -4.25. The Bertz CT molecular complexity index is 2320. The Morgan fingerprint density at radius 1 is 0.721 bits per heavy atom. The zero-order valence-corrected chi connectivity index (χ0v) is 37.2. The van der Waals surface area contributed by atoms with E-state index in [-0.39, 0.29) is 25.8 Å². The number of carboxylic acid groups (broad SMARTS) is 2. The van der Waals surface area contributed by atoms with Gasteiger partial charge in [-0.05, 0) is 37.0 Å². The SMILES string of the molecule is CC(=O)O.CC(NC(=O)C1CCCN1C(=O)C(N)CC(=O)O)C(=O)NC(Cc1ccccc1)C(=O)NC(CC(N)=O)C(=O)NC(CO)C(=O)NC(Cc1c[nH]c2ccccc12)C(=O)NCC(N)=O. The van der Waals surface area contributed by atoms with E-state index in [9.17, 15) is 53.1 Å². The summed E-state index contributed by atoms with van der Waals surface area (Å²) in [4.78, 5) is 142. The number of fused-ring (bicyclic) bond motifs is 1. The summed E-state index contributed by atoms with van der Waals surface area (Å²) in [7, 11) is 0. The van der Waals surface area contributed by atoms with Crippen LogP contribution in [0, 0.1) is 0 Å². The molecule has 1 aromatic heterocycles. The number of nitrogens with one attached hydrogen (secondary N) is 7. The molecule has 16 N–H and O–H groups in total. The fourth-order valence-electron chi connectivity index (χ4n) is 6.97. The number of para-hydroxylation sites is 1. The number of carbonyl (C=O) groups is 11. The molecule has 3 aromatic rings. The lowest BCUT2D eigenvalue weighted by Crippen LogP contribution is -2.61. The van der Waals surface area contributed by atoms with Crippen LogP contribution >= 0.6 is 0 Å². The van der Waals surface area contributed by atoms with E-state index < -0.39 is 133 Å². The molecule has 368 valence electrons. The molecule has 0 spiro atoms. The monoisotopic (exact) mass is 951 g/mol. The van der Waals surface area contributed by atoms with Crippen molar-refractivity contribution in [1.82, 2.24) is 41.8 Å². The van der Waals surface area contributed by atoms with Crippen LogP contribution in [-0.2, 0) is 65.6 Å². The zero-order chi connectivity index (χ0) is 50.7. The molecule has 0 bridgehead atoms. The molecule has 1 fully saturated rings. The van der Waals surface area contributed by atoms with Gasteiger partial charge in [-0.25, -0.2) is 0 Å². The summed E-state index contributed by atoms with van der Waals surface area (Å²) < 4.78 is 0. The first-order chi connectivity index (χ1) is 32.1. The highest BCUT2D eigenvalue weighted by Gasteiger charge is 2.38. The van der Waals surface area contributed by atoms with Crippen LogP contribution in [0.25, 0.3) is 10.9 Å². The topological polar surface area (TPSA) is 418 Å². The van der Waals surface area contributed by atoms with E-state index in [1.54, 1.807) is 60.8 Å². The van der Waals surface area contributed by atoms with Gasteiger partial charge in [-0.2, -0.15) is 0 Å². The van der Waals surface area contributed by atoms with Crippen molar-refractivity contribution in [2.24, 2.45) is 17.2 Å². The number of aliphatic carboxylic acids is 2. The van der Waals surface area contributed by atoms with Crippen LogP contribution in [-0.4, -0.2) is 152 Å². The molecule has 4 rings (SSSR count). The number of aliphatic hydroxyl groups excluding tert-OH is 1. The number of nitrogens with zero attached hydrogens (tertiary/aromatic N) is 1. The minimum absolute atomic E-state index is 0.106. The van der Waals surface area contributed by atoms with Crippen LogP contribution in [0.5, 0.6) is 0 Å². The fraction of sp³-hybridized carbons (Fsp3) is 0.419. The number of hydrogen-bond donors (Lipinski definition) is 13. The van der Waals surface area contributed by atoms with Crippen molar-refractivity contribution in [2.75, 3.05) is 19.7 Å². The second-order valence-corrected chi connectivity index (χ2v) is 15.7. The molecule has 0 saturated carbocycles. The smallest absolute Gasteiger partial charge is 0.305 e. The predicted molar refractivity (Wildman–Crippen MR) is 239 cm³/mol. The molecule has 2 aromatic carbocycles. The normalized spacial score (nSPS) is 15.6. The largest absolute Gasteiger partial charge is 0.481 e. The molecule has 1 aliphatic rings. The first-order valence-corrected chi connectivity index (χ1v) is 21.1. The van der Waals surface area contributed by atoms with Gasteiger partial charge in [-0.3, -0.25) is 52.7 Å². The van der Waals surface area contributed by atoms with E-state index in [4.69, 9.17) is 32.2 Å². The van der Waals surface area contributed by atoms with E-state index in [2.05, 4.69) is 36.9 Å². The second-order valence-electron chi connectivity index (χ2n) is 15.7. The maximum atomic E-state index is 13.9. The van der Waals surface area contributed by atoms with Crippen LogP contribution in [0.15, 0.2) is 60.8 Å². The van der Waals surface area contributed by atoms with E-state index in [0.717, 1.165) is 22.7 Å². The number of aromatic amines is 1. The van der Waals surface area contributed by atoms with Gasteiger partial charge in [-0.1, -0.05) is 48.5 Å². The lowest BCUT2D eigenvalue weighted by Gasteiger charge is -2.28. The average molecular weight is 952 g/mol. The molecular weight excluding hydrogens is 895 g/mol. The number of aromatic nitrogens is 1. The van der Waals surface area contributed by atoms with Gasteiger partial charge < -0.3 is 74.3 Å². The second kappa shape index (κ2) is 26.3. The lowest BCUT2D eigenvalue weighted by molar-refractivity contribution is -0.144. The molecule has 25 heteroatoms. The van der Waals surface area contributed by atoms with Crippen molar-refractivity contribution in [3.05, 3.63) is 71.9 Å². The minimum Gasteiger partial charge on any atom is -0.481 e. The summed E-state index contributed by atoms with van der Waals surface area (Å²) in [5, 5.41) is 41.8. The van der Waals surface area contributed by atoms with Crippen molar-refractivity contribution in [3.63, 3.8) is 0 Å². The molecule has 7 atom stereocenters. The Balaban J connectivity index is 0.00000294. The number of H-pyrrole nitrogens is 1. The van der Waals surface area contributed by atoms with E-state index in [0.29, 0.717) is 17.5 Å². The summed E-state index contributed by atoms with van der Waals surface area (Å²) in [6, 6.07) is 5.41. The Labute approximate surface area is 388 Å². The number of nitrogens with two attached hydrogens (primary N) is 3. The summed E-state index contributed by atoms with van der Waals surface area (Å²) in [6.45, 7) is 0.963. The van der Waals surface area contributed by atoms with Gasteiger partial charge in [0.25, 0.3) is 5.97 Å². The fourth-order valence-corrected chi connectivity index (χ4v) is 6.97. The van der Waals surface area contributed by atoms with Crippen LogP contribution < -0.4 is 49.1 Å². The Kier molecular flexibility index (Phi) is 21.0. The highest BCUT2D eigenvalue weighted by Crippen LogP contribution is 2.20. The van der Waals surface area contributed by atoms with Gasteiger partial charge in [-0.15, -0.1) is 0 Å². The van der Waals surface area contributed by atoms with Gasteiger partial charge in [0, 0.05) is 43.4 Å². The zero-order valence-electron chi connectivity index (χ0n) is 37.2. The minimum atomic E-state index is -1.77. The third-order valence-electron chi connectivity index (χ3n) is 10.2. The molecule has 0 aliphatic carbocycles. The van der Waals surface area contributed by atoms with E-state index in [1.165, 1.54) is 6.92 Å². The third kappa shape index (κ3) is 17.1. The van der Waals surface area contributed by atoms with Crippen LogP contribution in [0.2, 0.25) is 0 Å². The molecule has 1 saturated heterocycles. The summed E-state index contributed by atoms with van der Waals surface area (Å²) in [5.74, 6) is -10.4. The third-order valence-corrected chi connectivity index (χ3v) is 10.2. The quantitative estimate of drug-likeness (QED) is 0.0428. The standard InChI is InChI=1S/C41H53N11O12.C2H4O2/c1-21(47-40(63)31-12-7-13-52(31)41(64)25(42)16-34(56)57)35(58)48-27(14-22-8-3-2-4-9-22)37(60)50-29(17-32(43)54)38(61)51-30(20-53)39(62)49-28(36(59)46-19-33(44)55)15-23-18-45-26-11-6-5-10-24(23)26;1-2(3)4/h2-6,8-11,18,21,25,27-31,45,53H,7,12-17,19-20,42H2,1H3,(H2,43,54)(H2,44,55)(H,46,59)(H,47,63)(H,48,58)(H,49,62)(H,50,60)(H,51,61)(H,56,57);1H3,(H,3,4). The van der Waals surface area contributed by atoms with Gasteiger partial charge in [0.05, 0.1) is 32.0 Å². The van der Waals surface area contributed by atoms with Crippen LogP contribution in [0.3, 0.4) is 0 Å². The van der Waals surface area contributed by atoms with Crippen molar-refractivity contribution in [1.29, 1.82) is 0 Å². The molecule has 25 nitrogen and oxygen atoms in total. The number of benzene rings is 2. The Hall–Kier alpha value is -7.93. The Morgan fingerprint density at radius 3 is 1.90 bits per heavy atom. The van der Waals surface area contributed by atoms with Crippen molar-refractivity contribution >= 4 is 76.0 Å². The number of aliphatic hydroxyl groups is 1. The first kappa shape index (κ1) is 54.4. The van der Waals surface area contributed by atoms with Gasteiger partial charge >= 0.3 is 5.97 Å². The number of hydrogen-bond acceptors (Lipinski definition) is 13. The maximum absolute atomic E-state index is 13.9. The van der Waals surface area contributed by atoms with Crippen molar-refractivity contribution < 1.29 is 68.1 Å². The molecule has 1 aliphatic heterocycles. The molecular formula is C43H57N11O14. The Morgan fingerprint density at radius 2 is 1.28 bits per heavy atom. The molecule has 2 heterocycles. The number of primary amides is 2. The van der Waals surface area contributed by atoms with Crippen molar-refractivity contribution in [3.8, 4) is 0 Å². The van der Waals surface area contributed by atoms with Crippen LogP contribution in [0.4, 0.5) is 0 Å². The summed E-state index contributed by atoms with van der Waals surface area (Å²) in [5.41, 5.74) is 18.2. The lowest BCUT2D eigenvalue weighted by atomic mass is 10.0. The number of amides is 9. The van der Waals surface area contributed by atoms with E-state index in [1.807, 2.05) is 0 Å². The molecule has 68 heavy (non-hydrogen) atoms. The molecule has 9 amide bonds. The maximum Gasteiger partial charge on any atom is 0.305 e. The molecule has 0 radical (unpaired) electrons. The van der Waals surface area contributed by atoms with Crippen LogP contribution in [0.1, 0.15) is 50.7 Å². The first-order valence-electron chi connectivity index (χ1n) is 21.1.